The van der Waals surface area contributed by atoms with Crippen LogP contribution in [0.5, 0.6) is 0 Å². The fourth-order valence-electron chi connectivity index (χ4n) is 1.73. The highest BCUT2D eigenvalue weighted by atomic mass is 35.5. The van der Waals surface area contributed by atoms with Gasteiger partial charge < -0.3 is 10.6 Å². The van der Waals surface area contributed by atoms with Crippen molar-refractivity contribution in [2.45, 2.75) is 13.5 Å². The zero-order chi connectivity index (χ0) is 12.3. The number of nitrogens with two attached hydrogens (primary N) is 1. The fourth-order valence-corrected chi connectivity index (χ4v) is 2.84. The van der Waals surface area contributed by atoms with Crippen molar-refractivity contribution in [3.8, 4) is 0 Å². The lowest BCUT2D eigenvalue weighted by atomic mass is 10.2. The van der Waals surface area contributed by atoms with Crippen molar-refractivity contribution >= 4 is 34.3 Å². The zero-order valence-electron chi connectivity index (χ0n) is 9.69. The van der Waals surface area contributed by atoms with Gasteiger partial charge in [-0.15, -0.1) is 11.3 Å². The van der Waals surface area contributed by atoms with Gasteiger partial charge in [-0.1, -0.05) is 17.7 Å². The molecule has 0 aliphatic heterocycles. The molecule has 0 aliphatic carbocycles. The third-order valence-corrected chi connectivity index (χ3v) is 3.81. The summed E-state index contributed by atoms with van der Waals surface area (Å²) in [5.74, 6) is 0. The molecule has 2 rings (SSSR count). The van der Waals surface area contributed by atoms with Crippen LogP contribution in [0.1, 0.15) is 11.8 Å². The Morgan fingerprint density at radius 2 is 2.12 bits per heavy atom. The maximum Gasteiger partial charge on any atom is 0.0931 e. The zero-order valence-corrected chi connectivity index (χ0v) is 11.3. The van der Waals surface area contributed by atoms with Gasteiger partial charge in [-0.2, -0.15) is 0 Å². The first kappa shape index (κ1) is 12.3. The third kappa shape index (κ3) is 3.14. The minimum Gasteiger partial charge on any atom is -0.399 e. The van der Waals surface area contributed by atoms with Crippen molar-refractivity contribution in [2.75, 3.05) is 17.2 Å². The number of anilines is 2. The summed E-state index contributed by atoms with van der Waals surface area (Å²) in [4.78, 5) is 3.54. The molecule has 0 saturated heterocycles. The molecule has 17 heavy (non-hydrogen) atoms. The quantitative estimate of drug-likeness (QED) is 0.848. The number of nitrogen functional groups attached to an aromatic ring is 1. The summed E-state index contributed by atoms with van der Waals surface area (Å²) >= 11 is 7.56. The average molecular weight is 267 g/mol. The van der Waals surface area contributed by atoms with Crippen LogP contribution in [0.25, 0.3) is 0 Å². The molecule has 1 aromatic heterocycles. The standard InChI is InChI=1S/C13H15ClN2S/c1-2-16(9-12-6-7-13(14)17-12)11-5-3-4-10(15)8-11/h3-8H,2,9,15H2,1H3. The molecule has 2 nitrogen and oxygen atoms in total. The summed E-state index contributed by atoms with van der Waals surface area (Å²) in [7, 11) is 0. The smallest absolute Gasteiger partial charge is 0.0931 e. The first-order chi connectivity index (χ1) is 8.19. The predicted molar refractivity (Wildman–Crippen MR) is 76.9 cm³/mol. The normalized spacial score (nSPS) is 10.5. The van der Waals surface area contributed by atoms with Gasteiger partial charge in [0.25, 0.3) is 0 Å². The molecule has 2 N–H and O–H groups in total. The van der Waals surface area contributed by atoms with Crippen LogP contribution in [0.4, 0.5) is 11.4 Å². The lowest BCUT2D eigenvalue weighted by Crippen LogP contribution is -2.21. The van der Waals surface area contributed by atoms with Crippen molar-refractivity contribution in [3.63, 3.8) is 0 Å². The maximum atomic E-state index is 5.94. The number of hydrogen-bond donors (Lipinski definition) is 1. The first-order valence-electron chi connectivity index (χ1n) is 5.53. The van der Waals surface area contributed by atoms with Gasteiger partial charge in [0.15, 0.2) is 0 Å². The van der Waals surface area contributed by atoms with Crippen molar-refractivity contribution in [3.05, 3.63) is 45.6 Å². The van der Waals surface area contributed by atoms with Crippen molar-refractivity contribution in [1.82, 2.24) is 0 Å². The van der Waals surface area contributed by atoms with E-state index in [1.165, 1.54) is 4.88 Å². The highest BCUT2D eigenvalue weighted by molar-refractivity contribution is 7.16. The second-order valence-corrected chi connectivity index (χ2v) is 5.61. The highest BCUT2D eigenvalue weighted by Crippen LogP contribution is 2.25. The van der Waals surface area contributed by atoms with Gasteiger partial charge in [0.05, 0.1) is 10.9 Å². The van der Waals surface area contributed by atoms with Gasteiger partial charge >= 0.3 is 0 Å². The number of halogens is 1. The number of benzene rings is 1. The minimum absolute atomic E-state index is 0.796. The van der Waals surface area contributed by atoms with E-state index in [-0.39, 0.29) is 0 Å². The number of thiophene rings is 1. The maximum absolute atomic E-state index is 5.94. The Kier molecular flexibility index (Phi) is 3.92. The van der Waals surface area contributed by atoms with Crippen LogP contribution in [0, 0.1) is 0 Å². The molecule has 0 radical (unpaired) electrons. The summed E-state index contributed by atoms with van der Waals surface area (Å²) in [5.41, 5.74) is 7.75. The van der Waals surface area contributed by atoms with Gasteiger partial charge in [0, 0.05) is 22.8 Å². The molecule has 0 spiro atoms. The lowest BCUT2D eigenvalue weighted by molar-refractivity contribution is 0.843. The number of hydrogen-bond acceptors (Lipinski definition) is 3. The Labute approximate surface area is 111 Å². The molecule has 0 saturated carbocycles. The Balaban J connectivity index is 2.16. The van der Waals surface area contributed by atoms with E-state index in [4.69, 9.17) is 17.3 Å². The van der Waals surface area contributed by atoms with E-state index in [1.54, 1.807) is 11.3 Å². The molecule has 1 aromatic carbocycles. The van der Waals surface area contributed by atoms with Crippen LogP contribution in [0.2, 0.25) is 4.34 Å². The van der Waals surface area contributed by atoms with Crippen molar-refractivity contribution in [1.29, 1.82) is 0 Å². The van der Waals surface area contributed by atoms with Crippen LogP contribution in [0.3, 0.4) is 0 Å². The molecular formula is C13H15ClN2S. The summed E-state index contributed by atoms with van der Waals surface area (Å²) in [5, 5.41) is 0. The second-order valence-electron chi connectivity index (χ2n) is 3.81. The van der Waals surface area contributed by atoms with Gasteiger partial charge in [-0.05, 0) is 37.3 Å². The molecule has 0 amide bonds. The number of nitrogens with zero attached hydrogens (tertiary/aromatic N) is 1. The molecular weight excluding hydrogens is 252 g/mol. The molecule has 90 valence electrons. The molecule has 0 bridgehead atoms. The molecule has 0 atom stereocenters. The van der Waals surface area contributed by atoms with Crippen molar-refractivity contribution < 1.29 is 0 Å². The van der Waals surface area contributed by atoms with Gasteiger partial charge in [-0.25, -0.2) is 0 Å². The Bertz CT molecular complexity index is 496. The summed E-state index contributed by atoms with van der Waals surface area (Å²) in [6.07, 6.45) is 0. The van der Waals surface area contributed by atoms with Crippen LogP contribution in [-0.2, 0) is 6.54 Å². The van der Waals surface area contributed by atoms with E-state index < -0.39 is 0 Å². The van der Waals surface area contributed by atoms with Crippen LogP contribution in [0.15, 0.2) is 36.4 Å². The fraction of sp³-hybridized carbons (Fsp3) is 0.231. The van der Waals surface area contributed by atoms with E-state index in [1.807, 2.05) is 24.3 Å². The van der Waals surface area contributed by atoms with E-state index in [2.05, 4.69) is 24.0 Å². The average Bonchev–Trinajstić information content (AvgIpc) is 2.72. The Morgan fingerprint density at radius 3 is 2.71 bits per heavy atom. The summed E-state index contributed by atoms with van der Waals surface area (Å²) in [6.45, 7) is 3.95. The van der Waals surface area contributed by atoms with Gasteiger partial charge in [0.1, 0.15) is 0 Å². The summed E-state index contributed by atoms with van der Waals surface area (Å²) in [6, 6.07) is 12.0. The lowest BCUT2D eigenvalue weighted by Gasteiger charge is -2.22. The van der Waals surface area contributed by atoms with E-state index >= 15 is 0 Å². The first-order valence-corrected chi connectivity index (χ1v) is 6.73. The topological polar surface area (TPSA) is 29.3 Å². The predicted octanol–water partition coefficient (Wildman–Crippen LogP) is 4.01. The molecule has 4 heteroatoms. The highest BCUT2D eigenvalue weighted by Gasteiger charge is 2.07. The molecule has 0 unspecified atom stereocenters. The number of rotatable bonds is 4. The second kappa shape index (κ2) is 5.43. The van der Waals surface area contributed by atoms with E-state index in [9.17, 15) is 0 Å². The van der Waals surface area contributed by atoms with Crippen LogP contribution < -0.4 is 10.6 Å². The van der Waals surface area contributed by atoms with Gasteiger partial charge in [0.2, 0.25) is 0 Å². The van der Waals surface area contributed by atoms with Crippen LogP contribution >= 0.6 is 22.9 Å². The van der Waals surface area contributed by atoms with E-state index in [0.717, 1.165) is 28.8 Å². The van der Waals surface area contributed by atoms with Crippen LogP contribution in [-0.4, -0.2) is 6.54 Å². The monoisotopic (exact) mass is 266 g/mol. The molecule has 2 aromatic rings. The largest absolute Gasteiger partial charge is 0.399 e. The third-order valence-electron chi connectivity index (χ3n) is 2.59. The minimum atomic E-state index is 0.796. The summed E-state index contributed by atoms with van der Waals surface area (Å²) < 4.78 is 0.837. The molecule has 0 aliphatic rings. The Hall–Kier alpha value is -1.19. The Morgan fingerprint density at radius 1 is 1.29 bits per heavy atom. The van der Waals surface area contributed by atoms with Gasteiger partial charge in [-0.3, -0.25) is 0 Å². The van der Waals surface area contributed by atoms with Crippen molar-refractivity contribution in [2.24, 2.45) is 0 Å². The molecule has 0 fully saturated rings. The molecule has 1 heterocycles. The SMILES string of the molecule is CCN(Cc1ccc(Cl)s1)c1cccc(N)c1. The van der Waals surface area contributed by atoms with E-state index in [0.29, 0.717) is 0 Å².